The first kappa shape index (κ1) is 16.8. The van der Waals surface area contributed by atoms with Crippen LogP contribution in [-0.4, -0.2) is 17.0 Å². The third-order valence-electron chi connectivity index (χ3n) is 3.43. The van der Waals surface area contributed by atoms with E-state index in [1.54, 1.807) is 44.2 Å². The first-order valence-electron chi connectivity index (χ1n) is 7.34. The zero-order valence-electron chi connectivity index (χ0n) is 13.4. The molecule has 0 fully saturated rings. The number of hydrazine groups is 1. The predicted octanol–water partition coefficient (Wildman–Crippen LogP) is 3.28. The molecule has 0 radical (unpaired) electrons. The molecular formula is C17H14ClN3O4. The van der Waals surface area contributed by atoms with Gasteiger partial charge in [0.25, 0.3) is 11.8 Å². The molecule has 7 nitrogen and oxygen atoms in total. The number of furan rings is 1. The molecule has 0 bridgehead atoms. The fourth-order valence-corrected chi connectivity index (χ4v) is 2.45. The van der Waals surface area contributed by atoms with Gasteiger partial charge in [-0.2, -0.15) is 0 Å². The second kappa shape index (κ2) is 6.82. The zero-order valence-corrected chi connectivity index (χ0v) is 14.2. The van der Waals surface area contributed by atoms with E-state index in [2.05, 4.69) is 16.0 Å². The summed E-state index contributed by atoms with van der Waals surface area (Å²) in [7, 11) is 0. The van der Waals surface area contributed by atoms with Gasteiger partial charge in [-0.1, -0.05) is 28.9 Å². The smallest absolute Gasteiger partial charge is 0.291 e. The molecule has 0 aliphatic rings. The van der Waals surface area contributed by atoms with E-state index in [1.165, 1.54) is 6.07 Å². The highest BCUT2D eigenvalue weighted by Gasteiger charge is 2.17. The van der Waals surface area contributed by atoms with Crippen LogP contribution in [0.2, 0.25) is 5.02 Å². The standard InChI is InChI=1S/C17H14ClN3O4/c1-9-6-13(10(2)24-9)16(22)19-20-17(23)14-8-15(25-21-14)11-4-3-5-12(18)7-11/h3-8H,1-2H3,(H,19,22)(H,20,23). The van der Waals surface area contributed by atoms with Crippen LogP contribution in [0.25, 0.3) is 11.3 Å². The van der Waals surface area contributed by atoms with Crippen molar-refractivity contribution in [3.63, 3.8) is 0 Å². The van der Waals surface area contributed by atoms with Gasteiger partial charge in [0, 0.05) is 16.7 Å². The molecule has 2 aromatic heterocycles. The van der Waals surface area contributed by atoms with Crippen molar-refractivity contribution in [2.24, 2.45) is 0 Å². The highest BCUT2D eigenvalue weighted by Crippen LogP contribution is 2.23. The lowest BCUT2D eigenvalue weighted by Gasteiger charge is -2.04. The van der Waals surface area contributed by atoms with Gasteiger partial charge in [-0.3, -0.25) is 20.4 Å². The van der Waals surface area contributed by atoms with Crippen molar-refractivity contribution >= 4 is 23.4 Å². The summed E-state index contributed by atoms with van der Waals surface area (Å²) >= 11 is 5.92. The molecule has 8 heteroatoms. The highest BCUT2D eigenvalue weighted by atomic mass is 35.5. The maximum atomic E-state index is 12.1. The number of rotatable bonds is 3. The van der Waals surface area contributed by atoms with Crippen LogP contribution in [0, 0.1) is 13.8 Å². The minimum Gasteiger partial charge on any atom is -0.466 e. The van der Waals surface area contributed by atoms with E-state index in [4.69, 9.17) is 20.5 Å². The summed E-state index contributed by atoms with van der Waals surface area (Å²) in [5, 5.41) is 4.23. The molecule has 0 aliphatic carbocycles. The topological polar surface area (TPSA) is 97.4 Å². The van der Waals surface area contributed by atoms with Crippen LogP contribution in [0.4, 0.5) is 0 Å². The number of amides is 2. The van der Waals surface area contributed by atoms with E-state index < -0.39 is 11.8 Å². The average Bonchev–Trinajstić information content (AvgIpc) is 3.19. The molecule has 0 atom stereocenters. The summed E-state index contributed by atoms with van der Waals surface area (Å²) in [6, 6.07) is 10.00. The number of halogens is 1. The van der Waals surface area contributed by atoms with Crippen molar-refractivity contribution in [1.82, 2.24) is 16.0 Å². The predicted molar refractivity (Wildman–Crippen MR) is 90.1 cm³/mol. The van der Waals surface area contributed by atoms with Crippen LogP contribution in [0.5, 0.6) is 0 Å². The molecule has 3 rings (SSSR count). The summed E-state index contributed by atoms with van der Waals surface area (Å²) < 4.78 is 10.4. The average molecular weight is 360 g/mol. The zero-order chi connectivity index (χ0) is 18.0. The molecule has 2 N–H and O–H groups in total. The molecule has 0 spiro atoms. The second-order valence-electron chi connectivity index (χ2n) is 5.32. The van der Waals surface area contributed by atoms with Gasteiger partial charge in [-0.15, -0.1) is 0 Å². The first-order valence-corrected chi connectivity index (χ1v) is 7.72. The van der Waals surface area contributed by atoms with E-state index in [9.17, 15) is 9.59 Å². The molecule has 1 aromatic carbocycles. The second-order valence-corrected chi connectivity index (χ2v) is 5.76. The Morgan fingerprint density at radius 2 is 1.84 bits per heavy atom. The van der Waals surface area contributed by atoms with Crippen LogP contribution in [0.1, 0.15) is 32.4 Å². The van der Waals surface area contributed by atoms with E-state index >= 15 is 0 Å². The number of aromatic nitrogens is 1. The van der Waals surface area contributed by atoms with Gasteiger partial charge >= 0.3 is 0 Å². The van der Waals surface area contributed by atoms with Crippen LogP contribution in [0.3, 0.4) is 0 Å². The molecule has 2 heterocycles. The monoisotopic (exact) mass is 359 g/mol. The first-order chi connectivity index (χ1) is 11.9. The van der Waals surface area contributed by atoms with Gasteiger partial charge in [0.15, 0.2) is 11.5 Å². The summed E-state index contributed by atoms with van der Waals surface area (Å²) in [6.07, 6.45) is 0. The Bertz CT molecular complexity index is 945. The van der Waals surface area contributed by atoms with E-state index in [1.807, 2.05) is 0 Å². The van der Waals surface area contributed by atoms with Gasteiger partial charge in [-0.05, 0) is 32.0 Å². The van der Waals surface area contributed by atoms with Crippen LogP contribution < -0.4 is 10.9 Å². The van der Waals surface area contributed by atoms with E-state index in [0.717, 1.165) is 0 Å². The number of hydrogen-bond acceptors (Lipinski definition) is 5. The molecule has 0 saturated heterocycles. The summed E-state index contributed by atoms with van der Waals surface area (Å²) in [5.41, 5.74) is 5.65. The maximum absolute atomic E-state index is 12.1. The molecule has 3 aromatic rings. The van der Waals surface area contributed by atoms with Gasteiger partial charge < -0.3 is 8.94 Å². The fraction of sp³-hybridized carbons (Fsp3) is 0.118. The number of aryl methyl sites for hydroxylation is 2. The number of benzene rings is 1. The van der Waals surface area contributed by atoms with Crippen molar-refractivity contribution in [1.29, 1.82) is 0 Å². The van der Waals surface area contributed by atoms with E-state index in [0.29, 0.717) is 33.4 Å². The number of carbonyl (C=O) groups excluding carboxylic acids is 2. The Morgan fingerprint density at radius 1 is 1.08 bits per heavy atom. The molecular weight excluding hydrogens is 346 g/mol. The molecule has 0 saturated carbocycles. The third kappa shape index (κ3) is 3.72. The number of carbonyl (C=O) groups is 2. The number of nitrogens with one attached hydrogen (secondary N) is 2. The van der Waals surface area contributed by atoms with Crippen LogP contribution >= 0.6 is 11.6 Å². The van der Waals surface area contributed by atoms with E-state index in [-0.39, 0.29) is 5.69 Å². The van der Waals surface area contributed by atoms with Gasteiger partial charge in [0.2, 0.25) is 0 Å². The van der Waals surface area contributed by atoms with Gasteiger partial charge in [-0.25, -0.2) is 0 Å². The van der Waals surface area contributed by atoms with Crippen molar-refractivity contribution in [2.75, 3.05) is 0 Å². The Morgan fingerprint density at radius 3 is 2.52 bits per heavy atom. The Hall–Kier alpha value is -3.06. The van der Waals surface area contributed by atoms with Crippen molar-refractivity contribution in [3.8, 4) is 11.3 Å². The molecule has 128 valence electrons. The van der Waals surface area contributed by atoms with Crippen molar-refractivity contribution in [2.45, 2.75) is 13.8 Å². The Balaban J connectivity index is 1.66. The lowest BCUT2D eigenvalue weighted by molar-refractivity contribution is 0.0840. The SMILES string of the molecule is Cc1cc(C(=O)NNC(=O)c2cc(-c3cccc(Cl)c3)on2)c(C)o1. The minimum absolute atomic E-state index is 0.0235. The van der Waals surface area contributed by atoms with Crippen LogP contribution in [0.15, 0.2) is 45.3 Å². The van der Waals surface area contributed by atoms with Crippen LogP contribution in [-0.2, 0) is 0 Å². The Labute approximate surface area is 147 Å². The fourth-order valence-electron chi connectivity index (χ4n) is 2.26. The minimum atomic E-state index is -0.608. The lowest BCUT2D eigenvalue weighted by atomic mass is 10.1. The highest BCUT2D eigenvalue weighted by molar-refractivity contribution is 6.30. The largest absolute Gasteiger partial charge is 0.466 e. The molecule has 2 amide bonds. The van der Waals surface area contributed by atoms with Gasteiger partial charge in [0.1, 0.15) is 11.5 Å². The molecule has 25 heavy (non-hydrogen) atoms. The third-order valence-corrected chi connectivity index (χ3v) is 3.66. The van der Waals surface area contributed by atoms with Crippen molar-refractivity contribution < 1.29 is 18.5 Å². The lowest BCUT2D eigenvalue weighted by Crippen LogP contribution is -2.41. The number of nitrogens with zero attached hydrogens (tertiary/aromatic N) is 1. The summed E-state index contributed by atoms with van der Waals surface area (Å²) in [6.45, 7) is 3.40. The molecule has 0 unspecified atom stereocenters. The maximum Gasteiger partial charge on any atom is 0.291 e. The van der Waals surface area contributed by atoms with Gasteiger partial charge in [0.05, 0.1) is 5.56 Å². The molecule has 0 aliphatic heterocycles. The summed E-state index contributed by atoms with van der Waals surface area (Å²) in [5.74, 6) is 0.371. The number of hydrogen-bond donors (Lipinski definition) is 2. The normalized spacial score (nSPS) is 10.5. The quantitative estimate of drug-likeness (QED) is 0.699. The summed E-state index contributed by atoms with van der Waals surface area (Å²) in [4.78, 5) is 24.1. The Kier molecular flexibility index (Phi) is 4.58. The van der Waals surface area contributed by atoms with Crippen molar-refractivity contribution in [3.05, 3.63) is 64.2 Å².